The van der Waals surface area contributed by atoms with Gasteiger partial charge in [-0.05, 0) is 30.5 Å². The lowest BCUT2D eigenvalue weighted by molar-refractivity contribution is -0.130. The van der Waals surface area contributed by atoms with Crippen molar-refractivity contribution >= 4 is 11.7 Å². The van der Waals surface area contributed by atoms with Gasteiger partial charge in [-0.1, -0.05) is 48.5 Å². The molecule has 2 aromatic carbocycles. The molecule has 2 aliphatic heterocycles. The second-order valence-corrected chi connectivity index (χ2v) is 10.4. The Morgan fingerprint density at radius 3 is 1.97 bits per heavy atom. The minimum absolute atomic E-state index is 0.174. The van der Waals surface area contributed by atoms with Crippen molar-refractivity contribution in [2.45, 2.75) is 52.5 Å². The summed E-state index contributed by atoms with van der Waals surface area (Å²) in [7, 11) is 0. The highest BCUT2D eigenvalue weighted by molar-refractivity contribution is 5.96. The fourth-order valence-corrected chi connectivity index (χ4v) is 5.57. The van der Waals surface area contributed by atoms with E-state index in [2.05, 4.69) is 52.8 Å². The van der Waals surface area contributed by atoms with Crippen LogP contribution in [0.1, 0.15) is 47.8 Å². The lowest BCUT2D eigenvalue weighted by Gasteiger charge is -2.44. The molecule has 2 aromatic rings. The van der Waals surface area contributed by atoms with Crippen LogP contribution in [0.5, 0.6) is 0 Å². The number of nitrogens with zero attached hydrogens (tertiary/aromatic N) is 4. The number of aliphatic hydroxyl groups excluding tert-OH is 1. The Hall–Kier alpha value is -2.58. The van der Waals surface area contributed by atoms with E-state index in [4.69, 9.17) is 5.11 Å². The number of aliphatic hydroxyl groups is 1. The molecule has 4 rings (SSSR count). The predicted molar refractivity (Wildman–Crippen MR) is 142 cm³/mol. The summed E-state index contributed by atoms with van der Waals surface area (Å²) in [5, 5.41) is 9.05. The molecule has 36 heavy (non-hydrogen) atoms. The maximum Gasteiger partial charge on any atom is 0.219 e. The van der Waals surface area contributed by atoms with Crippen LogP contribution in [0.4, 0.5) is 0 Å². The molecule has 0 aliphatic carbocycles. The van der Waals surface area contributed by atoms with Gasteiger partial charge < -0.3 is 10.0 Å². The van der Waals surface area contributed by atoms with E-state index in [-0.39, 0.29) is 11.7 Å². The van der Waals surface area contributed by atoms with E-state index in [1.165, 1.54) is 16.7 Å². The van der Waals surface area contributed by atoms with Crippen molar-refractivity contribution in [3.63, 3.8) is 0 Å². The molecule has 1 amide bonds. The molecule has 2 aliphatic rings. The minimum Gasteiger partial charge on any atom is -0.388 e. The summed E-state index contributed by atoms with van der Waals surface area (Å²) in [5.41, 5.74) is 4.44. The molecule has 0 unspecified atom stereocenters. The van der Waals surface area contributed by atoms with Gasteiger partial charge in [-0.15, -0.1) is 0 Å². The number of Topliss-reactive ketones (excluding diaryl/α,β-unsaturated/α-hetero) is 1. The van der Waals surface area contributed by atoms with Gasteiger partial charge in [-0.3, -0.25) is 24.3 Å². The van der Waals surface area contributed by atoms with Crippen molar-refractivity contribution in [3.05, 3.63) is 70.8 Å². The van der Waals surface area contributed by atoms with Gasteiger partial charge in [0.05, 0.1) is 0 Å². The number of carbonyl (C=O) groups excluding carboxylic acids is 2. The van der Waals surface area contributed by atoms with Crippen molar-refractivity contribution in [2.24, 2.45) is 0 Å². The number of ketones is 1. The Morgan fingerprint density at radius 1 is 0.806 bits per heavy atom. The minimum atomic E-state index is -0.447. The predicted octanol–water partition coefficient (Wildman–Crippen LogP) is 2.62. The van der Waals surface area contributed by atoms with Crippen LogP contribution < -0.4 is 0 Å². The summed E-state index contributed by atoms with van der Waals surface area (Å²) in [6, 6.07) is 17.5. The number of piperazine rings is 2. The zero-order valence-electron chi connectivity index (χ0n) is 21.9. The van der Waals surface area contributed by atoms with Crippen LogP contribution in [-0.4, -0.2) is 94.4 Å². The first kappa shape index (κ1) is 26.5. The van der Waals surface area contributed by atoms with E-state index < -0.39 is 6.61 Å². The van der Waals surface area contributed by atoms with Gasteiger partial charge in [0.1, 0.15) is 6.61 Å². The van der Waals surface area contributed by atoms with Crippen molar-refractivity contribution in [1.82, 2.24) is 19.6 Å². The van der Waals surface area contributed by atoms with Crippen molar-refractivity contribution in [1.29, 1.82) is 0 Å². The third-order valence-electron chi connectivity index (χ3n) is 7.58. The van der Waals surface area contributed by atoms with Gasteiger partial charge in [-0.2, -0.15) is 0 Å². The fourth-order valence-electron chi connectivity index (χ4n) is 5.57. The Bertz CT molecular complexity index is 1020. The van der Waals surface area contributed by atoms with Gasteiger partial charge in [-0.25, -0.2) is 0 Å². The number of rotatable bonds is 8. The summed E-state index contributed by atoms with van der Waals surface area (Å²) >= 11 is 0. The number of amides is 1. The standard InChI is InChI=1S/C29H40N4O3/c1-22-16-31(18-25-7-9-28(10-8-25)29(36)21-34)17-23(2)33(22)20-27-6-4-5-26(15-27)19-30-11-13-32(14-12-30)24(3)35/h4-10,15,22-23,34H,11-14,16-21H2,1-3H3/t22-,23+. The normalized spacial score (nSPS) is 22.1. The summed E-state index contributed by atoms with van der Waals surface area (Å²) in [6.07, 6.45) is 0. The molecule has 2 saturated heterocycles. The van der Waals surface area contributed by atoms with Gasteiger partial charge in [0, 0.05) is 83.5 Å². The van der Waals surface area contributed by atoms with Crippen LogP contribution in [0.15, 0.2) is 48.5 Å². The van der Waals surface area contributed by atoms with Crippen LogP contribution >= 0.6 is 0 Å². The zero-order valence-corrected chi connectivity index (χ0v) is 21.9. The molecular weight excluding hydrogens is 452 g/mol. The Morgan fingerprint density at radius 2 is 1.39 bits per heavy atom. The molecular formula is C29H40N4O3. The summed E-state index contributed by atoms with van der Waals surface area (Å²) < 4.78 is 0. The average molecular weight is 493 g/mol. The van der Waals surface area contributed by atoms with Crippen LogP contribution in [0.25, 0.3) is 0 Å². The largest absolute Gasteiger partial charge is 0.388 e. The quantitative estimate of drug-likeness (QED) is 0.572. The molecule has 194 valence electrons. The molecule has 2 fully saturated rings. The maximum absolute atomic E-state index is 11.7. The topological polar surface area (TPSA) is 67.3 Å². The molecule has 0 saturated carbocycles. The summed E-state index contributed by atoms with van der Waals surface area (Å²) in [6.45, 7) is 14.1. The highest BCUT2D eigenvalue weighted by atomic mass is 16.3. The highest BCUT2D eigenvalue weighted by Crippen LogP contribution is 2.22. The van der Waals surface area contributed by atoms with E-state index >= 15 is 0 Å². The van der Waals surface area contributed by atoms with Crippen molar-refractivity contribution in [3.8, 4) is 0 Å². The third kappa shape index (κ3) is 6.79. The first-order valence-electron chi connectivity index (χ1n) is 13.1. The van der Waals surface area contributed by atoms with Gasteiger partial charge in [0.2, 0.25) is 5.91 Å². The number of hydrogen-bond acceptors (Lipinski definition) is 6. The molecule has 2 heterocycles. The van der Waals surface area contributed by atoms with Crippen LogP contribution in [-0.2, 0) is 24.4 Å². The van der Waals surface area contributed by atoms with E-state index in [9.17, 15) is 9.59 Å². The maximum atomic E-state index is 11.7. The summed E-state index contributed by atoms with van der Waals surface area (Å²) in [5.74, 6) is -0.0653. The van der Waals surface area contributed by atoms with Crippen molar-refractivity contribution < 1.29 is 14.7 Å². The van der Waals surface area contributed by atoms with Gasteiger partial charge in [0.15, 0.2) is 5.78 Å². The summed E-state index contributed by atoms with van der Waals surface area (Å²) in [4.78, 5) is 32.7. The monoisotopic (exact) mass is 492 g/mol. The lowest BCUT2D eigenvalue weighted by atomic mass is 10.0. The average Bonchev–Trinajstić information content (AvgIpc) is 2.87. The zero-order chi connectivity index (χ0) is 25.7. The Kier molecular flexibility index (Phi) is 8.90. The number of carbonyl (C=O) groups is 2. The molecule has 0 spiro atoms. The molecule has 0 bridgehead atoms. The smallest absolute Gasteiger partial charge is 0.219 e. The van der Waals surface area contributed by atoms with E-state index in [0.29, 0.717) is 17.6 Å². The molecule has 1 N–H and O–H groups in total. The van der Waals surface area contributed by atoms with Gasteiger partial charge >= 0.3 is 0 Å². The van der Waals surface area contributed by atoms with Crippen LogP contribution in [0.3, 0.4) is 0 Å². The third-order valence-corrected chi connectivity index (χ3v) is 7.58. The molecule has 7 nitrogen and oxygen atoms in total. The fraction of sp³-hybridized carbons (Fsp3) is 0.517. The molecule has 2 atom stereocenters. The SMILES string of the molecule is CC(=O)N1CCN(Cc2cccc(CN3[C@H](C)CN(Cc4ccc(C(=O)CO)cc4)C[C@@H]3C)c2)CC1. The number of benzene rings is 2. The van der Waals surface area contributed by atoms with E-state index in [1.807, 2.05) is 29.2 Å². The van der Waals surface area contributed by atoms with Crippen molar-refractivity contribution in [2.75, 3.05) is 45.9 Å². The van der Waals surface area contributed by atoms with E-state index in [1.54, 1.807) is 6.92 Å². The van der Waals surface area contributed by atoms with E-state index in [0.717, 1.165) is 58.9 Å². The first-order valence-corrected chi connectivity index (χ1v) is 13.1. The Labute approximate surface area is 215 Å². The number of hydrogen-bond donors (Lipinski definition) is 1. The van der Waals surface area contributed by atoms with Crippen LogP contribution in [0, 0.1) is 0 Å². The van der Waals surface area contributed by atoms with Gasteiger partial charge in [0.25, 0.3) is 0 Å². The molecule has 0 radical (unpaired) electrons. The van der Waals surface area contributed by atoms with Crippen LogP contribution in [0.2, 0.25) is 0 Å². The highest BCUT2D eigenvalue weighted by Gasteiger charge is 2.29. The second-order valence-electron chi connectivity index (χ2n) is 10.4. The first-order chi connectivity index (χ1) is 17.3. The Balaban J connectivity index is 1.30. The second kappa shape index (κ2) is 12.1. The molecule has 7 heteroatoms. The lowest BCUT2D eigenvalue weighted by Crippen LogP contribution is -2.55. The molecule has 0 aromatic heterocycles.